The summed E-state index contributed by atoms with van der Waals surface area (Å²) in [5.74, 6) is 1.46. The van der Waals surface area contributed by atoms with E-state index in [9.17, 15) is 0 Å². The van der Waals surface area contributed by atoms with Crippen molar-refractivity contribution in [2.75, 3.05) is 16.0 Å². The van der Waals surface area contributed by atoms with Crippen molar-refractivity contribution < 1.29 is 0 Å². The molecule has 2 aromatic carbocycles. The van der Waals surface area contributed by atoms with Crippen molar-refractivity contribution in [3.8, 4) is 0 Å². The number of halogens is 1. The van der Waals surface area contributed by atoms with E-state index in [1.54, 1.807) is 11.3 Å². The third kappa shape index (κ3) is 5.42. The highest BCUT2D eigenvalue weighted by Gasteiger charge is 2.08. The summed E-state index contributed by atoms with van der Waals surface area (Å²) in [6.45, 7) is 0.664. The number of thiophene rings is 1. The molecular formula is C20H19ClN6S. The van der Waals surface area contributed by atoms with Gasteiger partial charge >= 0.3 is 0 Å². The standard InChI is InChI=1S/C20H18N6S.ClH/c1-3-8-15(9-4-1)22-19-24-18(21-14-17-12-7-13-27-17)25-20(26-19)23-16-10-5-2-6-11-16;/h1-13H,14H2,(H3,21,22,23,24,25,26);1H. The van der Waals surface area contributed by atoms with Crippen molar-refractivity contribution in [1.29, 1.82) is 0 Å². The molecule has 4 rings (SSSR count). The second kappa shape index (κ2) is 9.68. The topological polar surface area (TPSA) is 74.8 Å². The van der Waals surface area contributed by atoms with Gasteiger partial charge in [0, 0.05) is 16.3 Å². The molecular weight excluding hydrogens is 392 g/mol. The molecule has 4 aromatic rings. The summed E-state index contributed by atoms with van der Waals surface area (Å²) in [6, 6.07) is 23.7. The van der Waals surface area contributed by atoms with Crippen LogP contribution in [0.5, 0.6) is 0 Å². The first-order chi connectivity index (χ1) is 13.3. The number of aromatic nitrogens is 3. The molecule has 0 saturated carbocycles. The average Bonchev–Trinajstić information content (AvgIpc) is 3.22. The Morgan fingerprint density at radius 3 is 1.68 bits per heavy atom. The summed E-state index contributed by atoms with van der Waals surface area (Å²) in [5, 5.41) is 11.8. The fourth-order valence-corrected chi connectivity index (χ4v) is 3.09. The molecule has 0 radical (unpaired) electrons. The second-order valence-corrected chi connectivity index (χ2v) is 6.75. The number of hydrogen-bond donors (Lipinski definition) is 3. The van der Waals surface area contributed by atoms with E-state index in [4.69, 9.17) is 0 Å². The van der Waals surface area contributed by atoms with Crippen LogP contribution in [-0.4, -0.2) is 15.0 Å². The molecule has 0 unspecified atom stereocenters. The van der Waals surface area contributed by atoms with Crippen LogP contribution in [0, 0.1) is 0 Å². The Kier molecular flexibility index (Phi) is 6.78. The number of benzene rings is 2. The fraction of sp³-hybridized carbons (Fsp3) is 0.0500. The molecule has 3 N–H and O–H groups in total. The molecule has 0 amide bonds. The lowest BCUT2D eigenvalue weighted by molar-refractivity contribution is 1.02. The Hall–Kier alpha value is -3.16. The Labute approximate surface area is 173 Å². The van der Waals surface area contributed by atoms with Crippen LogP contribution < -0.4 is 16.0 Å². The van der Waals surface area contributed by atoms with Gasteiger partial charge in [0.15, 0.2) is 0 Å². The number of nitrogens with one attached hydrogen (secondary N) is 3. The lowest BCUT2D eigenvalue weighted by Crippen LogP contribution is -2.09. The third-order valence-corrected chi connectivity index (χ3v) is 4.57. The first-order valence-electron chi connectivity index (χ1n) is 8.52. The van der Waals surface area contributed by atoms with Gasteiger partial charge in [-0.3, -0.25) is 0 Å². The van der Waals surface area contributed by atoms with Crippen molar-refractivity contribution in [1.82, 2.24) is 15.0 Å². The molecule has 0 saturated heterocycles. The minimum Gasteiger partial charge on any atom is -0.349 e. The minimum atomic E-state index is 0. The van der Waals surface area contributed by atoms with Crippen LogP contribution in [0.4, 0.5) is 29.2 Å². The quantitative estimate of drug-likeness (QED) is 0.376. The zero-order chi connectivity index (χ0) is 18.3. The SMILES string of the molecule is Cl.c1ccc(Nc2nc(NCc3cccs3)nc(Nc3ccccc3)n2)cc1. The summed E-state index contributed by atoms with van der Waals surface area (Å²) in [4.78, 5) is 14.7. The highest BCUT2D eigenvalue weighted by atomic mass is 35.5. The first kappa shape index (κ1) is 19.6. The Morgan fingerprint density at radius 2 is 1.18 bits per heavy atom. The van der Waals surface area contributed by atoms with Crippen molar-refractivity contribution in [2.24, 2.45) is 0 Å². The Morgan fingerprint density at radius 1 is 0.643 bits per heavy atom. The molecule has 0 aliphatic heterocycles. The molecule has 0 fully saturated rings. The van der Waals surface area contributed by atoms with Crippen LogP contribution in [0.1, 0.15) is 4.88 Å². The molecule has 8 heteroatoms. The maximum absolute atomic E-state index is 4.49. The van der Waals surface area contributed by atoms with E-state index in [-0.39, 0.29) is 12.4 Å². The van der Waals surface area contributed by atoms with E-state index in [1.807, 2.05) is 66.7 Å². The van der Waals surface area contributed by atoms with E-state index < -0.39 is 0 Å². The van der Waals surface area contributed by atoms with Gasteiger partial charge in [-0.15, -0.1) is 23.7 Å². The van der Waals surface area contributed by atoms with Crippen LogP contribution in [-0.2, 0) is 6.54 Å². The van der Waals surface area contributed by atoms with Crippen molar-refractivity contribution >= 4 is 53.0 Å². The summed E-state index contributed by atoms with van der Waals surface area (Å²) in [6.07, 6.45) is 0. The number of anilines is 5. The average molecular weight is 411 g/mol. The largest absolute Gasteiger partial charge is 0.349 e. The van der Waals surface area contributed by atoms with Gasteiger partial charge in [-0.25, -0.2) is 0 Å². The lowest BCUT2D eigenvalue weighted by Gasteiger charge is -2.11. The normalized spacial score (nSPS) is 10.0. The molecule has 0 aliphatic rings. The van der Waals surface area contributed by atoms with Gasteiger partial charge in [0.25, 0.3) is 0 Å². The molecule has 142 valence electrons. The second-order valence-electron chi connectivity index (χ2n) is 5.72. The van der Waals surface area contributed by atoms with Crippen LogP contribution in [0.25, 0.3) is 0 Å². The summed E-state index contributed by atoms with van der Waals surface area (Å²) >= 11 is 1.69. The predicted octanol–water partition coefficient (Wildman–Crippen LogP) is 5.45. The first-order valence-corrected chi connectivity index (χ1v) is 9.39. The summed E-state index contributed by atoms with van der Waals surface area (Å²) in [5.41, 5.74) is 1.83. The zero-order valence-corrected chi connectivity index (χ0v) is 16.5. The van der Waals surface area contributed by atoms with Crippen LogP contribution in [0.15, 0.2) is 78.2 Å². The van der Waals surface area contributed by atoms with E-state index in [2.05, 4.69) is 42.3 Å². The summed E-state index contributed by atoms with van der Waals surface area (Å²) in [7, 11) is 0. The third-order valence-electron chi connectivity index (χ3n) is 3.70. The van der Waals surface area contributed by atoms with Gasteiger partial charge in [0.05, 0.1) is 6.54 Å². The van der Waals surface area contributed by atoms with Gasteiger partial charge in [-0.1, -0.05) is 42.5 Å². The number of nitrogens with zero attached hydrogens (tertiary/aromatic N) is 3. The maximum Gasteiger partial charge on any atom is 0.233 e. The molecule has 0 aliphatic carbocycles. The fourth-order valence-electron chi connectivity index (χ4n) is 2.45. The van der Waals surface area contributed by atoms with Gasteiger partial charge in [0.1, 0.15) is 0 Å². The molecule has 2 heterocycles. The zero-order valence-electron chi connectivity index (χ0n) is 14.9. The van der Waals surface area contributed by atoms with Gasteiger partial charge < -0.3 is 16.0 Å². The maximum atomic E-state index is 4.49. The molecule has 0 atom stereocenters. The smallest absolute Gasteiger partial charge is 0.233 e. The molecule has 2 aromatic heterocycles. The van der Waals surface area contributed by atoms with E-state index in [0.29, 0.717) is 24.4 Å². The Balaban J connectivity index is 0.00000225. The van der Waals surface area contributed by atoms with Crippen molar-refractivity contribution in [2.45, 2.75) is 6.54 Å². The van der Waals surface area contributed by atoms with Crippen molar-refractivity contribution in [3.63, 3.8) is 0 Å². The van der Waals surface area contributed by atoms with Crippen LogP contribution >= 0.6 is 23.7 Å². The van der Waals surface area contributed by atoms with Gasteiger partial charge in [0.2, 0.25) is 17.8 Å². The predicted molar refractivity (Wildman–Crippen MR) is 118 cm³/mol. The molecule has 0 spiro atoms. The van der Waals surface area contributed by atoms with Gasteiger partial charge in [-0.2, -0.15) is 15.0 Å². The highest BCUT2D eigenvalue weighted by Crippen LogP contribution is 2.19. The number of para-hydroxylation sites is 2. The molecule has 28 heavy (non-hydrogen) atoms. The van der Waals surface area contributed by atoms with Crippen molar-refractivity contribution in [3.05, 3.63) is 83.1 Å². The molecule has 6 nitrogen and oxygen atoms in total. The Bertz CT molecular complexity index is 921. The van der Waals surface area contributed by atoms with Crippen LogP contribution in [0.3, 0.4) is 0 Å². The summed E-state index contributed by atoms with van der Waals surface area (Å²) < 4.78 is 0. The molecule has 0 bridgehead atoms. The van der Waals surface area contributed by atoms with E-state index >= 15 is 0 Å². The highest BCUT2D eigenvalue weighted by molar-refractivity contribution is 7.09. The lowest BCUT2D eigenvalue weighted by atomic mass is 10.3. The van der Waals surface area contributed by atoms with E-state index in [1.165, 1.54) is 4.88 Å². The van der Waals surface area contributed by atoms with Gasteiger partial charge in [-0.05, 0) is 35.7 Å². The number of rotatable bonds is 7. The van der Waals surface area contributed by atoms with Crippen LogP contribution in [0.2, 0.25) is 0 Å². The van der Waals surface area contributed by atoms with E-state index in [0.717, 1.165) is 11.4 Å². The minimum absolute atomic E-state index is 0. The monoisotopic (exact) mass is 410 g/mol. The number of hydrogen-bond acceptors (Lipinski definition) is 7.